The fourth-order valence-electron chi connectivity index (χ4n) is 3.01. The zero-order valence-electron chi connectivity index (χ0n) is 15.5. The fraction of sp³-hybridized carbons (Fsp3) is 0.273. The Morgan fingerprint density at radius 2 is 1.96 bits per heavy atom. The number of nitrogens with one attached hydrogen (secondary N) is 3. The van der Waals surface area contributed by atoms with Crippen molar-refractivity contribution in [2.45, 2.75) is 26.3 Å². The molecule has 138 valence electrons. The molecule has 0 unspecified atom stereocenters. The SMILES string of the molecule is Cc1ccc(C(=O)NCC2CC2)cc1NCc1cc(-c2ccccc2)n[nH]1. The van der Waals surface area contributed by atoms with E-state index in [1.807, 2.05) is 61.5 Å². The summed E-state index contributed by atoms with van der Waals surface area (Å²) in [5.74, 6) is 0.675. The van der Waals surface area contributed by atoms with Gasteiger partial charge in [-0.1, -0.05) is 36.4 Å². The number of aromatic amines is 1. The molecule has 0 bridgehead atoms. The van der Waals surface area contributed by atoms with Crippen molar-refractivity contribution in [3.8, 4) is 11.3 Å². The summed E-state index contributed by atoms with van der Waals surface area (Å²) in [5.41, 5.74) is 5.78. The van der Waals surface area contributed by atoms with Gasteiger partial charge in [0.15, 0.2) is 0 Å². The Hall–Kier alpha value is -3.08. The molecule has 0 spiro atoms. The smallest absolute Gasteiger partial charge is 0.251 e. The van der Waals surface area contributed by atoms with Crippen molar-refractivity contribution in [1.82, 2.24) is 15.5 Å². The van der Waals surface area contributed by atoms with Crippen LogP contribution in [0.1, 0.15) is 34.5 Å². The number of benzene rings is 2. The van der Waals surface area contributed by atoms with Gasteiger partial charge in [0.25, 0.3) is 5.91 Å². The molecule has 1 heterocycles. The van der Waals surface area contributed by atoms with E-state index in [1.165, 1.54) is 12.8 Å². The van der Waals surface area contributed by atoms with Gasteiger partial charge in [-0.05, 0) is 49.4 Å². The topological polar surface area (TPSA) is 69.8 Å². The molecule has 1 fully saturated rings. The van der Waals surface area contributed by atoms with E-state index in [9.17, 15) is 4.79 Å². The van der Waals surface area contributed by atoms with Crippen molar-refractivity contribution in [3.63, 3.8) is 0 Å². The van der Waals surface area contributed by atoms with Crippen LogP contribution in [0, 0.1) is 12.8 Å². The highest BCUT2D eigenvalue weighted by Crippen LogP contribution is 2.27. The van der Waals surface area contributed by atoms with Crippen molar-refractivity contribution >= 4 is 11.6 Å². The van der Waals surface area contributed by atoms with Crippen LogP contribution in [-0.4, -0.2) is 22.6 Å². The lowest BCUT2D eigenvalue weighted by Crippen LogP contribution is -2.25. The summed E-state index contributed by atoms with van der Waals surface area (Å²) in [6, 6.07) is 17.9. The van der Waals surface area contributed by atoms with E-state index in [2.05, 4.69) is 20.8 Å². The van der Waals surface area contributed by atoms with Crippen LogP contribution in [0.3, 0.4) is 0 Å². The number of anilines is 1. The lowest BCUT2D eigenvalue weighted by molar-refractivity contribution is 0.0952. The Kier molecular flexibility index (Phi) is 4.92. The number of hydrogen-bond donors (Lipinski definition) is 3. The number of amides is 1. The number of H-pyrrole nitrogens is 1. The molecule has 5 heteroatoms. The van der Waals surface area contributed by atoms with E-state index in [0.717, 1.165) is 34.7 Å². The number of carbonyl (C=O) groups excluding carboxylic acids is 1. The third-order valence-electron chi connectivity index (χ3n) is 4.92. The van der Waals surface area contributed by atoms with Crippen molar-refractivity contribution in [3.05, 3.63) is 71.4 Å². The molecule has 0 aliphatic heterocycles. The number of rotatable bonds is 7. The molecule has 0 saturated heterocycles. The predicted molar refractivity (Wildman–Crippen MR) is 108 cm³/mol. The van der Waals surface area contributed by atoms with Crippen LogP contribution in [0.4, 0.5) is 5.69 Å². The summed E-state index contributed by atoms with van der Waals surface area (Å²) in [7, 11) is 0. The molecular weight excluding hydrogens is 336 g/mol. The highest BCUT2D eigenvalue weighted by Gasteiger charge is 2.22. The number of aromatic nitrogens is 2. The molecule has 5 nitrogen and oxygen atoms in total. The second-order valence-electron chi connectivity index (χ2n) is 7.18. The third kappa shape index (κ3) is 4.37. The minimum absolute atomic E-state index is 0.00199. The van der Waals surface area contributed by atoms with Gasteiger partial charge in [0.1, 0.15) is 0 Å². The van der Waals surface area contributed by atoms with E-state index < -0.39 is 0 Å². The first-order valence-corrected chi connectivity index (χ1v) is 9.41. The van der Waals surface area contributed by atoms with Crippen LogP contribution in [0.15, 0.2) is 54.6 Å². The Balaban J connectivity index is 1.41. The molecule has 3 N–H and O–H groups in total. The summed E-state index contributed by atoms with van der Waals surface area (Å²) in [5, 5.41) is 13.9. The average Bonchev–Trinajstić information content (AvgIpc) is 3.41. The molecule has 3 aromatic rings. The first-order chi connectivity index (χ1) is 13.2. The highest BCUT2D eigenvalue weighted by molar-refractivity contribution is 5.95. The number of carbonyl (C=O) groups is 1. The first-order valence-electron chi connectivity index (χ1n) is 9.41. The molecule has 1 aliphatic rings. The van der Waals surface area contributed by atoms with E-state index >= 15 is 0 Å². The van der Waals surface area contributed by atoms with Gasteiger partial charge in [-0.2, -0.15) is 5.10 Å². The standard InChI is InChI=1S/C22H24N4O/c1-15-7-10-18(22(27)24-13-16-8-9-16)11-20(15)23-14-19-12-21(26-25-19)17-5-3-2-4-6-17/h2-7,10-12,16,23H,8-9,13-14H2,1H3,(H,24,27)(H,25,26). The number of hydrogen-bond acceptors (Lipinski definition) is 3. The molecule has 27 heavy (non-hydrogen) atoms. The zero-order valence-corrected chi connectivity index (χ0v) is 15.5. The Labute approximate surface area is 159 Å². The van der Waals surface area contributed by atoms with Gasteiger partial charge >= 0.3 is 0 Å². The summed E-state index contributed by atoms with van der Waals surface area (Å²) >= 11 is 0. The Morgan fingerprint density at radius 1 is 1.15 bits per heavy atom. The largest absolute Gasteiger partial charge is 0.379 e. The molecule has 1 aliphatic carbocycles. The second-order valence-corrected chi connectivity index (χ2v) is 7.18. The van der Waals surface area contributed by atoms with Gasteiger partial charge < -0.3 is 10.6 Å². The van der Waals surface area contributed by atoms with E-state index in [-0.39, 0.29) is 5.91 Å². The van der Waals surface area contributed by atoms with Crippen LogP contribution >= 0.6 is 0 Å². The first kappa shape index (κ1) is 17.3. The molecule has 4 rings (SSSR count). The van der Waals surface area contributed by atoms with Crippen molar-refractivity contribution in [2.75, 3.05) is 11.9 Å². The molecule has 2 aromatic carbocycles. The fourth-order valence-corrected chi connectivity index (χ4v) is 3.01. The zero-order chi connectivity index (χ0) is 18.6. The monoisotopic (exact) mass is 360 g/mol. The van der Waals surface area contributed by atoms with Gasteiger partial charge in [-0.3, -0.25) is 9.89 Å². The lowest BCUT2D eigenvalue weighted by atomic mass is 10.1. The number of nitrogens with zero attached hydrogens (tertiary/aromatic N) is 1. The van der Waals surface area contributed by atoms with Crippen LogP contribution < -0.4 is 10.6 Å². The normalized spacial score (nSPS) is 13.4. The lowest BCUT2D eigenvalue weighted by Gasteiger charge is -2.11. The molecule has 0 atom stereocenters. The molecule has 1 saturated carbocycles. The molecular formula is C22H24N4O. The van der Waals surface area contributed by atoms with Crippen LogP contribution in [0.2, 0.25) is 0 Å². The third-order valence-corrected chi connectivity index (χ3v) is 4.92. The van der Waals surface area contributed by atoms with Crippen molar-refractivity contribution < 1.29 is 4.79 Å². The van der Waals surface area contributed by atoms with Gasteiger partial charge in [0, 0.05) is 23.4 Å². The number of aryl methyl sites for hydroxylation is 1. The average molecular weight is 360 g/mol. The van der Waals surface area contributed by atoms with Gasteiger partial charge in [-0.25, -0.2) is 0 Å². The van der Waals surface area contributed by atoms with Crippen LogP contribution in [0.25, 0.3) is 11.3 Å². The van der Waals surface area contributed by atoms with Crippen LogP contribution in [0.5, 0.6) is 0 Å². The van der Waals surface area contributed by atoms with Gasteiger partial charge in [0.2, 0.25) is 0 Å². The summed E-state index contributed by atoms with van der Waals surface area (Å²) in [6.07, 6.45) is 2.46. The van der Waals surface area contributed by atoms with Gasteiger partial charge in [0.05, 0.1) is 17.9 Å². The second kappa shape index (κ2) is 7.66. The van der Waals surface area contributed by atoms with Crippen molar-refractivity contribution in [2.24, 2.45) is 5.92 Å². The minimum Gasteiger partial charge on any atom is -0.379 e. The highest BCUT2D eigenvalue weighted by atomic mass is 16.1. The maximum atomic E-state index is 12.3. The van der Waals surface area contributed by atoms with Gasteiger partial charge in [-0.15, -0.1) is 0 Å². The molecule has 1 amide bonds. The molecule has 1 aromatic heterocycles. The van der Waals surface area contributed by atoms with E-state index in [0.29, 0.717) is 18.0 Å². The van der Waals surface area contributed by atoms with E-state index in [1.54, 1.807) is 0 Å². The van der Waals surface area contributed by atoms with Crippen LogP contribution in [-0.2, 0) is 6.54 Å². The van der Waals surface area contributed by atoms with Crippen molar-refractivity contribution in [1.29, 1.82) is 0 Å². The maximum Gasteiger partial charge on any atom is 0.251 e. The Bertz CT molecular complexity index is 928. The van der Waals surface area contributed by atoms with E-state index in [4.69, 9.17) is 0 Å². The predicted octanol–water partition coefficient (Wildman–Crippen LogP) is 4.14. The summed E-state index contributed by atoms with van der Waals surface area (Å²) in [4.78, 5) is 12.3. The minimum atomic E-state index is -0.00199. The summed E-state index contributed by atoms with van der Waals surface area (Å²) in [6.45, 7) is 3.44. The molecule has 0 radical (unpaired) electrons. The Morgan fingerprint density at radius 3 is 2.74 bits per heavy atom. The summed E-state index contributed by atoms with van der Waals surface area (Å²) < 4.78 is 0. The maximum absolute atomic E-state index is 12.3. The quantitative estimate of drug-likeness (QED) is 0.593.